The van der Waals surface area contributed by atoms with Crippen LogP contribution in [0.25, 0.3) is 10.9 Å². The normalized spacial score (nSPS) is 23.7. The van der Waals surface area contributed by atoms with Gasteiger partial charge in [-0.05, 0) is 44.4 Å². The van der Waals surface area contributed by atoms with Crippen LogP contribution >= 0.6 is 0 Å². The van der Waals surface area contributed by atoms with Gasteiger partial charge in [-0.25, -0.2) is 4.39 Å². The number of carbonyl (C=O) groups excluding carboxylic acids is 1. The number of benzene rings is 1. The third kappa shape index (κ3) is 3.51. The number of fused-ring (bicyclic) bond motifs is 1. The van der Waals surface area contributed by atoms with Crippen molar-refractivity contribution >= 4 is 22.5 Å². The lowest BCUT2D eigenvalue weighted by Gasteiger charge is -2.25. The minimum Gasteiger partial charge on any atom is -0.380 e. The highest BCUT2D eigenvalue weighted by molar-refractivity contribution is 5.91. The van der Waals surface area contributed by atoms with E-state index in [1.165, 1.54) is 12.1 Å². The number of aromatic nitrogens is 1. The van der Waals surface area contributed by atoms with Crippen molar-refractivity contribution in [3.8, 4) is 0 Å². The summed E-state index contributed by atoms with van der Waals surface area (Å²) in [6.07, 6.45) is 4.84. The van der Waals surface area contributed by atoms with Gasteiger partial charge in [0.05, 0.1) is 12.1 Å². The Kier molecular flexibility index (Phi) is 4.76. The minimum absolute atomic E-state index is 0.212. The molecule has 6 heteroatoms. The van der Waals surface area contributed by atoms with E-state index in [9.17, 15) is 9.18 Å². The third-order valence-electron chi connectivity index (χ3n) is 5.55. The number of hydrogen-bond acceptors (Lipinski definition) is 4. The molecule has 5 nitrogen and oxygen atoms in total. The van der Waals surface area contributed by atoms with Crippen molar-refractivity contribution in [3.63, 3.8) is 0 Å². The molecule has 2 saturated heterocycles. The van der Waals surface area contributed by atoms with E-state index in [0.29, 0.717) is 18.1 Å². The lowest BCUT2D eigenvalue weighted by Crippen LogP contribution is -2.41. The molecule has 2 aromatic rings. The fraction of sp³-hybridized carbons (Fsp3) is 0.500. The molecule has 1 aromatic carbocycles. The molecular weight excluding hydrogens is 331 g/mol. The monoisotopic (exact) mass is 356 g/mol. The van der Waals surface area contributed by atoms with E-state index in [2.05, 4.69) is 22.1 Å². The number of nitrogens with zero attached hydrogens (tertiary/aromatic N) is 3. The van der Waals surface area contributed by atoms with Gasteiger partial charge in [-0.1, -0.05) is 0 Å². The van der Waals surface area contributed by atoms with Gasteiger partial charge in [0.1, 0.15) is 5.82 Å². The zero-order valence-electron chi connectivity index (χ0n) is 15.1. The van der Waals surface area contributed by atoms with Gasteiger partial charge in [-0.15, -0.1) is 0 Å². The predicted octanol–water partition coefficient (Wildman–Crippen LogP) is 2.87. The summed E-state index contributed by atoms with van der Waals surface area (Å²) in [5, 5.41) is 4.38. The van der Waals surface area contributed by atoms with Crippen LogP contribution < -0.4 is 5.32 Å². The Morgan fingerprint density at radius 2 is 2.23 bits per heavy atom. The summed E-state index contributed by atoms with van der Waals surface area (Å²) in [6, 6.07) is 7.38. The number of hydrogen-bond donors (Lipinski definition) is 1. The van der Waals surface area contributed by atoms with Crippen LogP contribution in [-0.2, 0) is 4.79 Å². The van der Waals surface area contributed by atoms with Crippen molar-refractivity contribution in [2.24, 2.45) is 0 Å². The second-order valence-corrected chi connectivity index (χ2v) is 7.47. The van der Waals surface area contributed by atoms with Crippen molar-refractivity contribution in [1.82, 2.24) is 14.8 Å². The van der Waals surface area contributed by atoms with Crippen molar-refractivity contribution in [2.75, 3.05) is 31.5 Å². The first-order chi connectivity index (χ1) is 12.6. The summed E-state index contributed by atoms with van der Waals surface area (Å²) in [5.74, 6) is -0.0530. The number of amides is 1. The van der Waals surface area contributed by atoms with Gasteiger partial charge in [-0.2, -0.15) is 0 Å². The van der Waals surface area contributed by atoms with Crippen molar-refractivity contribution in [3.05, 3.63) is 36.3 Å². The molecule has 2 aliphatic heterocycles. The first-order valence-electron chi connectivity index (χ1n) is 9.43. The average Bonchev–Trinajstić information content (AvgIpc) is 3.23. The highest BCUT2D eigenvalue weighted by Crippen LogP contribution is 2.26. The number of likely N-dealkylation sites (tertiary alicyclic amines) is 2. The zero-order valence-corrected chi connectivity index (χ0v) is 15.1. The molecule has 2 fully saturated rings. The van der Waals surface area contributed by atoms with Crippen LogP contribution in [0.4, 0.5) is 10.1 Å². The quantitative estimate of drug-likeness (QED) is 0.915. The summed E-state index contributed by atoms with van der Waals surface area (Å²) in [5.41, 5.74) is 1.43. The number of anilines is 1. The summed E-state index contributed by atoms with van der Waals surface area (Å²) in [7, 11) is 0. The summed E-state index contributed by atoms with van der Waals surface area (Å²) < 4.78 is 13.9. The van der Waals surface area contributed by atoms with Gasteiger partial charge in [0.2, 0.25) is 5.91 Å². The molecule has 0 radical (unpaired) electrons. The van der Waals surface area contributed by atoms with E-state index in [4.69, 9.17) is 0 Å². The van der Waals surface area contributed by atoms with Gasteiger partial charge < -0.3 is 10.2 Å². The van der Waals surface area contributed by atoms with Crippen LogP contribution in [-0.4, -0.2) is 59.0 Å². The maximum Gasteiger partial charge on any atom is 0.236 e. The average molecular weight is 356 g/mol. The number of nitrogens with one attached hydrogen (secondary N) is 1. The van der Waals surface area contributed by atoms with E-state index in [0.717, 1.165) is 50.0 Å². The molecule has 0 spiro atoms. The molecule has 2 aliphatic rings. The fourth-order valence-electron chi connectivity index (χ4n) is 4.17. The standard InChI is InChI=1S/C20H25FN4O/c1-14-4-3-8-25(14)20(26)13-24-9-6-16(12-24)23-19-11-15(21)10-18-17(19)5-2-7-22-18/h2,5,7,10-11,14,16,23H,3-4,6,8-9,12-13H2,1H3/t14-,16-/m1/s1. The maximum absolute atomic E-state index is 13.9. The topological polar surface area (TPSA) is 48.5 Å². The second kappa shape index (κ2) is 7.19. The highest BCUT2D eigenvalue weighted by atomic mass is 19.1. The van der Waals surface area contributed by atoms with Crippen LogP contribution in [0.5, 0.6) is 0 Å². The molecule has 1 amide bonds. The Morgan fingerprint density at radius 1 is 1.35 bits per heavy atom. The summed E-state index contributed by atoms with van der Waals surface area (Å²) in [6.45, 7) is 5.18. The lowest BCUT2D eigenvalue weighted by atomic mass is 10.1. The van der Waals surface area contributed by atoms with E-state index >= 15 is 0 Å². The molecule has 0 unspecified atom stereocenters. The van der Waals surface area contributed by atoms with E-state index in [-0.39, 0.29) is 17.8 Å². The summed E-state index contributed by atoms with van der Waals surface area (Å²) in [4.78, 5) is 20.9. The van der Waals surface area contributed by atoms with Crippen LogP contribution in [0.1, 0.15) is 26.2 Å². The fourth-order valence-corrected chi connectivity index (χ4v) is 4.17. The molecule has 1 N–H and O–H groups in total. The molecule has 138 valence electrons. The number of rotatable bonds is 4. The van der Waals surface area contributed by atoms with Crippen LogP contribution in [0.3, 0.4) is 0 Å². The molecule has 2 atom stereocenters. The van der Waals surface area contributed by atoms with E-state index in [1.54, 1.807) is 6.20 Å². The Morgan fingerprint density at radius 3 is 3.04 bits per heavy atom. The largest absolute Gasteiger partial charge is 0.380 e. The minimum atomic E-state index is -0.285. The van der Waals surface area contributed by atoms with Gasteiger partial charge in [0, 0.05) is 55.1 Å². The van der Waals surface area contributed by atoms with Gasteiger partial charge in [0.15, 0.2) is 0 Å². The molecule has 0 bridgehead atoms. The second-order valence-electron chi connectivity index (χ2n) is 7.47. The Hall–Kier alpha value is -2.21. The van der Waals surface area contributed by atoms with Gasteiger partial charge in [-0.3, -0.25) is 14.7 Å². The third-order valence-corrected chi connectivity index (χ3v) is 5.55. The first-order valence-corrected chi connectivity index (χ1v) is 9.43. The lowest BCUT2D eigenvalue weighted by molar-refractivity contribution is -0.132. The molecule has 0 saturated carbocycles. The zero-order chi connectivity index (χ0) is 18.1. The van der Waals surface area contributed by atoms with Crippen LogP contribution in [0.2, 0.25) is 0 Å². The number of pyridine rings is 1. The number of carbonyl (C=O) groups is 1. The maximum atomic E-state index is 13.9. The highest BCUT2D eigenvalue weighted by Gasteiger charge is 2.29. The Bertz CT molecular complexity index is 811. The molecular formula is C20H25FN4O. The van der Waals surface area contributed by atoms with Crippen LogP contribution in [0, 0.1) is 5.82 Å². The van der Waals surface area contributed by atoms with Crippen molar-refractivity contribution < 1.29 is 9.18 Å². The first kappa shape index (κ1) is 17.2. The van der Waals surface area contributed by atoms with Gasteiger partial charge in [0.25, 0.3) is 0 Å². The Labute approximate surface area is 153 Å². The Balaban J connectivity index is 1.40. The van der Waals surface area contributed by atoms with Crippen molar-refractivity contribution in [1.29, 1.82) is 0 Å². The van der Waals surface area contributed by atoms with E-state index < -0.39 is 0 Å². The van der Waals surface area contributed by atoms with Crippen molar-refractivity contribution in [2.45, 2.75) is 38.3 Å². The predicted molar refractivity (Wildman–Crippen MR) is 101 cm³/mol. The van der Waals surface area contributed by atoms with E-state index in [1.807, 2.05) is 17.0 Å². The van der Waals surface area contributed by atoms with Gasteiger partial charge >= 0.3 is 0 Å². The molecule has 1 aromatic heterocycles. The molecule has 4 rings (SSSR count). The molecule has 26 heavy (non-hydrogen) atoms. The SMILES string of the molecule is C[C@@H]1CCCN1C(=O)CN1CC[C@@H](Nc2cc(F)cc3ncccc23)C1. The molecule has 3 heterocycles. The smallest absolute Gasteiger partial charge is 0.236 e. The molecule has 0 aliphatic carbocycles. The number of halogens is 1. The van der Waals surface area contributed by atoms with Crippen LogP contribution in [0.15, 0.2) is 30.5 Å². The summed E-state index contributed by atoms with van der Waals surface area (Å²) >= 11 is 0.